The summed E-state index contributed by atoms with van der Waals surface area (Å²) < 4.78 is 16.1. The molecule has 2 aliphatic heterocycles. The number of alkyl halides is 3. The van der Waals surface area contributed by atoms with Crippen molar-refractivity contribution < 1.29 is 39.7 Å². The van der Waals surface area contributed by atoms with E-state index in [4.69, 9.17) is 49.0 Å². The van der Waals surface area contributed by atoms with Crippen molar-refractivity contribution in [3.63, 3.8) is 0 Å². The van der Waals surface area contributed by atoms with E-state index in [2.05, 4.69) is 0 Å². The van der Waals surface area contributed by atoms with Crippen LogP contribution in [0.15, 0.2) is 0 Å². The summed E-state index contributed by atoms with van der Waals surface area (Å²) >= 11 is 17.1. The van der Waals surface area contributed by atoms with Crippen LogP contribution in [0.25, 0.3) is 0 Å². The fraction of sp³-hybridized carbons (Fsp3) is 1.00. The van der Waals surface area contributed by atoms with Crippen LogP contribution in [-0.2, 0) is 14.2 Å². The lowest BCUT2D eigenvalue weighted by molar-refractivity contribution is -0.366. The number of rotatable bonds is 5. The maximum absolute atomic E-state index is 10.1. The zero-order chi connectivity index (χ0) is 17.4. The van der Waals surface area contributed by atoms with Crippen molar-refractivity contribution in [1.29, 1.82) is 0 Å². The fourth-order valence-corrected chi connectivity index (χ4v) is 3.34. The highest BCUT2D eigenvalue weighted by Crippen LogP contribution is 2.37. The predicted molar refractivity (Wildman–Crippen MR) is 79.5 cm³/mol. The zero-order valence-electron chi connectivity index (χ0n) is 11.8. The van der Waals surface area contributed by atoms with Gasteiger partial charge in [0.2, 0.25) is 5.79 Å². The maximum Gasteiger partial charge on any atom is 0.214 e. The third kappa shape index (κ3) is 3.58. The minimum absolute atomic E-state index is 0.125. The topological polar surface area (TPSA) is 129 Å². The Morgan fingerprint density at radius 2 is 1.43 bits per heavy atom. The van der Waals surface area contributed by atoms with Gasteiger partial charge in [-0.3, -0.25) is 0 Å². The van der Waals surface area contributed by atoms with Crippen LogP contribution >= 0.6 is 34.8 Å². The summed E-state index contributed by atoms with van der Waals surface area (Å²) in [5.41, 5.74) is 0. The minimum atomic E-state index is -1.90. The normalized spacial score (nSPS) is 51.1. The molecule has 11 heteroatoms. The van der Waals surface area contributed by atoms with E-state index < -0.39 is 60.7 Å². The number of hydrogen-bond acceptors (Lipinski definition) is 8. The van der Waals surface area contributed by atoms with Crippen LogP contribution in [0.4, 0.5) is 0 Å². The molecule has 0 aromatic carbocycles. The predicted octanol–water partition coefficient (Wildman–Crippen LogP) is -1.66. The molecule has 5 N–H and O–H groups in total. The highest BCUT2D eigenvalue weighted by Gasteiger charge is 2.58. The van der Waals surface area contributed by atoms with Crippen molar-refractivity contribution in [3.05, 3.63) is 0 Å². The summed E-state index contributed by atoms with van der Waals surface area (Å²) in [5.74, 6) is -2.60. The molecule has 9 atom stereocenters. The van der Waals surface area contributed by atoms with Gasteiger partial charge in [0.25, 0.3) is 0 Å². The highest BCUT2D eigenvalue weighted by molar-refractivity contribution is 6.19. The van der Waals surface area contributed by atoms with Crippen molar-refractivity contribution in [3.8, 4) is 0 Å². The first-order valence-electron chi connectivity index (χ1n) is 6.90. The van der Waals surface area contributed by atoms with E-state index in [1.54, 1.807) is 0 Å². The van der Waals surface area contributed by atoms with Gasteiger partial charge in [0, 0.05) is 0 Å². The van der Waals surface area contributed by atoms with Crippen LogP contribution < -0.4 is 0 Å². The quantitative estimate of drug-likeness (QED) is 0.349. The van der Waals surface area contributed by atoms with E-state index in [1.807, 2.05) is 0 Å². The number of halogens is 3. The molecule has 0 aliphatic carbocycles. The molecule has 2 fully saturated rings. The van der Waals surface area contributed by atoms with Crippen LogP contribution in [0.5, 0.6) is 0 Å². The molecule has 136 valence electrons. The SMILES string of the molecule is O[C@@H]1[C@@H](O)[C@@H](O[C@]2(CCl)O[C@H](CCl)[C@@H](O)[C@@H]2O)O[C@H](CCl)[C@H]1O. The van der Waals surface area contributed by atoms with Crippen molar-refractivity contribution in [2.75, 3.05) is 17.6 Å². The van der Waals surface area contributed by atoms with Gasteiger partial charge in [-0.1, -0.05) is 0 Å². The first-order chi connectivity index (χ1) is 10.8. The number of ether oxygens (including phenoxy) is 3. The van der Waals surface area contributed by atoms with Gasteiger partial charge < -0.3 is 39.7 Å². The summed E-state index contributed by atoms with van der Waals surface area (Å²) in [6.45, 7) is 0. The Labute approximate surface area is 147 Å². The van der Waals surface area contributed by atoms with Crippen molar-refractivity contribution >= 4 is 34.8 Å². The third-order valence-electron chi connectivity index (χ3n) is 3.98. The first kappa shape index (κ1) is 19.9. The monoisotopic (exact) mass is 396 g/mol. The summed E-state index contributed by atoms with van der Waals surface area (Å²) in [5, 5.41) is 49.6. The highest BCUT2D eigenvalue weighted by atomic mass is 35.5. The summed E-state index contributed by atoms with van der Waals surface area (Å²) in [6, 6.07) is 0. The van der Waals surface area contributed by atoms with E-state index in [1.165, 1.54) is 0 Å². The molecule has 0 aromatic rings. The van der Waals surface area contributed by atoms with Gasteiger partial charge in [-0.15, -0.1) is 34.8 Å². The number of hydrogen-bond donors (Lipinski definition) is 5. The Hall–Kier alpha value is 0.550. The largest absolute Gasteiger partial charge is 0.388 e. The van der Waals surface area contributed by atoms with Crippen molar-refractivity contribution in [1.82, 2.24) is 0 Å². The van der Waals surface area contributed by atoms with Crippen LogP contribution in [0.2, 0.25) is 0 Å². The Morgan fingerprint density at radius 1 is 0.826 bits per heavy atom. The van der Waals surface area contributed by atoms with Gasteiger partial charge in [0.15, 0.2) is 6.29 Å². The van der Waals surface area contributed by atoms with Crippen LogP contribution in [-0.4, -0.2) is 98.0 Å². The van der Waals surface area contributed by atoms with Gasteiger partial charge in [-0.25, -0.2) is 0 Å². The van der Waals surface area contributed by atoms with Crippen LogP contribution in [0.3, 0.4) is 0 Å². The Morgan fingerprint density at radius 3 is 1.91 bits per heavy atom. The molecular weight excluding hydrogens is 378 g/mol. The van der Waals surface area contributed by atoms with E-state index in [-0.39, 0.29) is 11.8 Å². The lowest BCUT2D eigenvalue weighted by Crippen LogP contribution is -2.62. The molecule has 0 saturated carbocycles. The Balaban J connectivity index is 2.18. The van der Waals surface area contributed by atoms with Gasteiger partial charge >= 0.3 is 0 Å². The molecule has 0 unspecified atom stereocenters. The van der Waals surface area contributed by atoms with Crippen LogP contribution in [0.1, 0.15) is 0 Å². The molecule has 0 aromatic heterocycles. The smallest absolute Gasteiger partial charge is 0.214 e. The van der Waals surface area contributed by atoms with Crippen molar-refractivity contribution in [2.24, 2.45) is 0 Å². The first-order valence-corrected chi connectivity index (χ1v) is 8.51. The molecule has 23 heavy (non-hydrogen) atoms. The number of aliphatic hydroxyl groups is 5. The summed E-state index contributed by atoms with van der Waals surface area (Å²) in [4.78, 5) is 0. The summed E-state index contributed by atoms with van der Waals surface area (Å²) in [6.07, 6.45) is -11.0. The van der Waals surface area contributed by atoms with E-state index in [0.29, 0.717) is 0 Å². The van der Waals surface area contributed by atoms with E-state index in [0.717, 1.165) is 0 Å². The molecule has 0 bridgehead atoms. The molecular formula is C12H19Cl3O8. The van der Waals surface area contributed by atoms with E-state index in [9.17, 15) is 25.5 Å². The zero-order valence-corrected chi connectivity index (χ0v) is 14.1. The molecule has 0 radical (unpaired) electrons. The molecule has 2 rings (SSSR count). The molecule has 8 nitrogen and oxygen atoms in total. The molecule has 0 spiro atoms. The molecule has 2 heterocycles. The Bertz CT molecular complexity index is 403. The number of aliphatic hydroxyl groups excluding tert-OH is 5. The van der Waals surface area contributed by atoms with Gasteiger partial charge in [0.05, 0.1) is 17.6 Å². The van der Waals surface area contributed by atoms with Gasteiger partial charge in [0.1, 0.15) is 42.7 Å². The summed E-state index contributed by atoms with van der Waals surface area (Å²) in [7, 11) is 0. The average Bonchev–Trinajstić information content (AvgIpc) is 2.80. The molecule has 2 aliphatic rings. The average molecular weight is 398 g/mol. The maximum atomic E-state index is 10.1. The fourth-order valence-electron chi connectivity index (χ4n) is 2.56. The molecule has 0 amide bonds. The minimum Gasteiger partial charge on any atom is -0.388 e. The second kappa shape index (κ2) is 7.84. The van der Waals surface area contributed by atoms with Crippen LogP contribution in [0, 0.1) is 0 Å². The standard InChI is InChI=1S/C12H19Cl3O8/c13-1-4-6(16)8(18)9(19)11(21-4)23-12(3-15)10(20)7(17)5(2-14)22-12/h4-11,16-20H,1-3H2/t4-,5-,6-,7-,8+,9-,10+,11-,12+/m1/s1. The van der Waals surface area contributed by atoms with Crippen molar-refractivity contribution in [2.45, 2.75) is 54.8 Å². The third-order valence-corrected chi connectivity index (χ3v) is 4.96. The van der Waals surface area contributed by atoms with Gasteiger partial charge in [-0.2, -0.15) is 0 Å². The lowest BCUT2D eigenvalue weighted by Gasteiger charge is -2.43. The van der Waals surface area contributed by atoms with Gasteiger partial charge in [-0.05, 0) is 0 Å². The second-order valence-electron chi connectivity index (χ2n) is 5.48. The Kier molecular flexibility index (Phi) is 6.77. The molecule has 2 saturated heterocycles. The second-order valence-corrected chi connectivity index (χ2v) is 6.36. The van der Waals surface area contributed by atoms with E-state index >= 15 is 0 Å². The lowest BCUT2D eigenvalue weighted by atomic mass is 9.99.